The van der Waals surface area contributed by atoms with Crippen LogP contribution in [0.5, 0.6) is 0 Å². The molecule has 1 aromatic heterocycles. The molecule has 1 unspecified atom stereocenters. The van der Waals surface area contributed by atoms with Gasteiger partial charge in [0.05, 0.1) is 18.5 Å². The van der Waals surface area contributed by atoms with Gasteiger partial charge in [-0.25, -0.2) is 4.79 Å². The van der Waals surface area contributed by atoms with E-state index < -0.39 is 5.97 Å². The predicted octanol–water partition coefficient (Wildman–Crippen LogP) is 0.468. The molecule has 1 aromatic rings. The van der Waals surface area contributed by atoms with Crippen LogP contribution in [0.1, 0.15) is 6.42 Å². The van der Waals surface area contributed by atoms with Crippen molar-refractivity contribution in [3.05, 3.63) is 12.4 Å². The minimum absolute atomic E-state index is 0.196. The molecular formula is C12H18N4O4. The lowest BCUT2D eigenvalue weighted by Crippen LogP contribution is -2.33. The molecule has 0 aliphatic carbocycles. The number of carbonyl (C=O) groups excluding carboxylic acids is 1. The summed E-state index contributed by atoms with van der Waals surface area (Å²) in [6.07, 6.45) is 3.86. The summed E-state index contributed by atoms with van der Waals surface area (Å²) in [6, 6.07) is -0.196. The predicted molar refractivity (Wildman–Crippen MR) is 70.4 cm³/mol. The van der Waals surface area contributed by atoms with Gasteiger partial charge in [0.25, 0.3) is 0 Å². The van der Waals surface area contributed by atoms with Crippen molar-refractivity contribution in [3.63, 3.8) is 0 Å². The van der Waals surface area contributed by atoms with Crippen molar-refractivity contribution >= 4 is 17.7 Å². The molecule has 0 radical (unpaired) electrons. The molecule has 1 atom stereocenters. The minimum atomic E-state index is -0.979. The zero-order valence-electron chi connectivity index (χ0n) is 11.3. The Morgan fingerprint density at radius 3 is 3.10 bits per heavy atom. The fourth-order valence-electron chi connectivity index (χ4n) is 2.24. The topological polar surface area (TPSA) is 96.7 Å². The van der Waals surface area contributed by atoms with E-state index in [1.807, 2.05) is 0 Å². The number of likely N-dealkylation sites (tertiary alicyclic amines) is 1. The number of hydrogen-bond acceptors (Lipinski definition) is 4. The van der Waals surface area contributed by atoms with Gasteiger partial charge in [0, 0.05) is 32.3 Å². The van der Waals surface area contributed by atoms with Crippen LogP contribution in [0.4, 0.5) is 10.5 Å². The molecule has 1 saturated heterocycles. The molecule has 8 heteroatoms. The van der Waals surface area contributed by atoms with Gasteiger partial charge in [0.2, 0.25) is 0 Å². The van der Waals surface area contributed by atoms with Crippen molar-refractivity contribution in [1.29, 1.82) is 0 Å². The number of urea groups is 1. The first-order valence-corrected chi connectivity index (χ1v) is 6.37. The van der Waals surface area contributed by atoms with Crippen LogP contribution < -0.4 is 5.32 Å². The van der Waals surface area contributed by atoms with E-state index in [1.54, 1.807) is 12.0 Å². The van der Waals surface area contributed by atoms with Gasteiger partial charge in [-0.3, -0.25) is 9.48 Å². The van der Waals surface area contributed by atoms with E-state index in [0.29, 0.717) is 31.3 Å². The number of nitrogens with one attached hydrogen (secondary N) is 1. The first-order valence-electron chi connectivity index (χ1n) is 6.37. The lowest BCUT2D eigenvalue weighted by atomic mass is 10.1. The second-order valence-corrected chi connectivity index (χ2v) is 4.81. The number of nitrogens with zero attached hydrogens (tertiary/aromatic N) is 3. The Balaban J connectivity index is 1.85. The van der Waals surface area contributed by atoms with Crippen LogP contribution in [0.25, 0.3) is 0 Å². The van der Waals surface area contributed by atoms with E-state index >= 15 is 0 Å². The lowest BCUT2D eigenvalue weighted by Gasteiger charge is -2.16. The Morgan fingerprint density at radius 2 is 2.40 bits per heavy atom. The SMILES string of the molecule is COCC1CCN(C(=O)Nc2cnn(CC(=O)O)c2)C1. The maximum absolute atomic E-state index is 12.0. The van der Waals surface area contributed by atoms with E-state index in [0.717, 1.165) is 6.42 Å². The zero-order chi connectivity index (χ0) is 14.5. The van der Waals surface area contributed by atoms with Crippen molar-refractivity contribution in [1.82, 2.24) is 14.7 Å². The summed E-state index contributed by atoms with van der Waals surface area (Å²) >= 11 is 0. The Hall–Kier alpha value is -2.09. The lowest BCUT2D eigenvalue weighted by molar-refractivity contribution is -0.137. The van der Waals surface area contributed by atoms with Gasteiger partial charge in [-0.2, -0.15) is 5.10 Å². The maximum Gasteiger partial charge on any atom is 0.325 e. The third-order valence-electron chi connectivity index (χ3n) is 3.16. The van der Waals surface area contributed by atoms with Gasteiger partial charge < -0.3 is 20.1 Å². The molecule has 0 spiro atoms. The van der Waals surface area contributed by atoms with Crippen LogP contribution in [-0.4, -0.2) is 58.6 Å². The number of hydrogen-bond donors (Lipinski definition) is 2. The van der Waals surface area contributed by atoms with Crippen molar-refractivity contribution in [3.8, 4) is 0 Å². The van der Waals surface area contributed by atoms with Gasteiger partial charge in [-0.05, 0) is 6.42 Å². The van der Waals surface area contributed by atoms with Gasteiger partial charge in [0.1, 0.15) is 6.54 Å². The average molecular weight is 282 g/mol. The van der Waals surface area contributed by atoms with Gasteiger partial charge in [0.15, 0.2) is 0 Å². The number of aromatic nitrogens is 2. The van der Waals surface area contributed by atoms with Crippen LogP contribution in [0.15, 0.2) is 12.4 Å². The number of anilines is 1. The van der Waals surface area contributed by atoms with Gasteiger partial charge in [-0.1, -0.05) is 0 Å². The summed E-state index contributed by atoms with van der Waals surface area (Å²) in [7, 11) is 1.65. The third kappa shape index (κ3) is 3.70. The van der Waals surface area contributed by atoms with Crippen LogP contribution in [0.3, 0.4) is 0 Å². The molecule has 0 saturated carbocycles. The second kappa shape index (κ2) is 6.38. The Bertz CT molecular complexity index is 488. The van der Waals surface area contributed by atoms with E-state index in [-0.39, 0.29) is 12.6 Å². The van der Waals surface area contributed by atoms with Crippen LogP contribution in [0.2, 0.25) is 0 Å². The number of aliphatic carboxylic acids is 1. The summed E-state index contributed by atoms with van der Waals surface area (Å²) in [4.78, 5) is 24.3. The highest BCUT2D eigenvalue weighted by Gasteiger charge is 2.26. The van der Waals surface area contributed by atoms with E-state index in [9.17, 15) is 9.59 Å². The van der Waals surface area contributed by atoms with Crippen molar-refractivity contribution < 1.29 is 19.4 Å². The molecule has 2 rings (SSSR count). The fourth-order valence-corrected chi connectivity index (χ4v) is 2.24. The molecule has 2 amide bonds. The minimum Gasteiger partial charge on any atom is -0.480 e. The second-order valence-electron chi connectivity index (χ2n) is 4.81. The molecule has 20 heavy (non-hydrogen) atoms. The maximum atomic E-state index is 12.0. The van der Waals surface area contributed by atoms with Crippen molar-refractivity contribution in [2.45, 2.75) is 13.0 Å². The number of rotatable bonds is 5. The first-order chi connectivity index (χ1) is 9.58. The Kier molecular flexibility index (Phi) is 4.57. The zero-order valence-corrected chi connectivity index (χ0v) is 11.3. The van der Waals surface area contributed by atoms with Crippen LogP contribution in [0, 0.1) is 5.92 Å². The summed E-state index contributed by atoms with van der Waals surface area (Å²) in [5.41, 5.74) is 0.492. The first kappa shape index (κ1) is 14.3. The van der Waals surface area contributed by atoms with Crippen LogP contribution in [-0.2, 0) is 16.1 Å². The number of carboxylic acid groups (broad SMARTS) is 1. The fraction of sp³-hybridized carbons (Fsp3) is 0.583. The molecular weight excluding hydrogens is 264 g/mol. The number of methoxy groups -OCH3 is 1. The van der Waals surface area contributed by atoms with E-state index in [2.05, 4.69) is 10.4 Å². The van der Waals surface area contributed by atoms with Gasteiger partial charge in [-0.15, -0.1) is 0 Å². The quantitative estimate of drug-likeness (QED) is 0.818. The molecule has 8 nitrogen and oxygen atoms in total. The van der Waals surface area contributed by atoms with Crippen molar-refractivity contribution in [2.75, 3.05) is 32.1 Å². The molecule has 1 aliphatic rings. The number of carbonyl (C=O) groups is 2. The summed E-state index contributed by atoms with van der Waals surface area (Å²) < 4.78 is 6.34. The number of amides is 2. The monoisotopic (exact) mass is 282 g/mol. The largest absolute Gasteiger partial charge is 0.480 e. The van der Waals surface area contributed by atoms with Crippen molar-refractivity contribution in [2.24, 2.45) is 5.92 Å². The molecule has 2 N–H and O–H groups in total. The highest BCUT2D eigenvalue weighted by Crippen LogP contribution is 2.17. The molecule has 0 bridgehead atoms. The van der Waals surface area contributed by atoms with Crippen LogP contribution >= 0.6 is 0 Å². The highest BCUT2D eigenvalue weighted by molar-refractivity contribution is 5.89. The summed E-state index contributed by atoms with van der Waals surface area (Å²) in [5, 5.41) is 15.2. The number of carboxylic acids is 1. The van der Waals surface area contributed by atoms with E-state index in [1.165, 1.54) is 17.1 Å². The average Bonchev–Trinajstić information content (AvgIpc) is 2.99. The molecule has 110 valence electrons. The molecule has 0 aromatic carbocycles. The van der Waals surface area contributed by atoms with Gasteiger partial charge >= 0.3 is 12.0 Å². The molecule has 1 fully saturated rings. The molecule has 1 aliphatic heterocycles. The Morgan fingerprint density at radius 1 is 1.60 bits per heavy atom. The summed E-state index contributed by atoms with van der Waals surface area (Å²) in [5.74, 6) is -0.603. The normalized spacial score (nSPS) is 18.2. The smallest absolute Gasteiger partial charge is 0.325 e. The Labute approximate surface area is 116 Å². The van der Waals surface area contributed by atoms with E-state index in [4.69, 9.17) is 9.84 Å². The number of ether oxygens (including phenoxy) is 1. The third-order valence-corrected chi connectivity index (χ3v) is 3.16. The standard InChI is InChI=1S/C12H18N4O4/c1-20-8-9-2-3-15(5-9)12(19)14-10-4-13-16(6-10)7-11(17)18/h4,6,9H,2-3,5,7-8H2,1H3,(H,14,19)(H,17,18). The molecule has 2 heterocycles. The highest BCUT2D eigenvalue weighted by atomic mass is 16.5. The summed E-state index contributed by atoms with van der Waals surface area (Å²) in [6.45, 7) is 1.79.